The number of amides is 1. The van der Waals surface area contributed by atoms with Gasteiger partial charge in [0.1, 0.15) is 5.75 Å². The third-order valence-corrected chi connectivity index (χ3v) is 4.21. The third kappa shape index (κ3) is 2.44. The summed E-state index contributed by atoms with van der Waals surface area (Å²) < 4.78 is 6.05. The van der Waals surface area contributed by atoms with Gasteiger partial charge in [0, 0.05) is 29.5 Å². The summed E-state index contributed by atoms with van der Waals surface area (Å²) in [7, 11) is 1.52. The van der Waals surface area contributed by atoms with E-state index in [1.807, 2.05) is 0 Å². The van der Waals surface area contributed by atoms with E-state index in [9.17, 15) is 10.0 Å². The smallest absolute Gasteiger partial charge is 0.321 e. The number of nitrogens with one attached hydrogen (secondary N) is 2. The molecule has 7 nitrogen and oxygen atoms in total. The topological polar surface area (TPSA) is 93.9 Å². The first kappa shape index (κ1) is 14.5. The molecule has 0 saturated heterocycles. The summed E-state index contributed by atoms with van der Waals surface area (Å²) in [5.41, 5.74) is 2.03. The van der Waals surface area contributed by atoms with Crippen LogP contribution in [0.1, 0.15) is 34.9 Å². The first-order chi connectivity index (χ1) is 11.7. The second-order valence-corrected chi connectivity index (χ2v) is 5.87. The number of aromatic amines is 1. The van der Waals surface area contributed by atoms with Crippen LogP contribution in [-0.2, 0) is 0 Å². The lowest BCUT2D eigenvalue weighted by atomic mass is 10.2. The van der Waals surface area contributed by atoms with Crippen LogP contribution in [0.25, 0.3) is 10.9 Å². The SMILES string of the molecule is COc1cc2[nH]ncc2cc1NC(=O)c1cccc(C2CC2)[n+]1[O-]. The van der Waals surface area contributed by atoms with Crippen LogP contribution >= 0.6 is 0 Å². The van der Waals surface area contributed by atoms with Gasteiger partial charge in [0.05, 0.1) is 24.5 Å². The Morgan fingerprint density at radius 3 is 3.00 bits per heavy atom. The van der Waals surface area contributed by atoms with E-state index in [1.165, 1.54) is 13.2 Å². The first-order valence-electron chi connectivity index (χ1n) is 7.72. The summed E-state index contributed by atoms with van der Waals surface area (Å²) >= 11 is 0. The molecule has 1 fully saturated rings. The minimum atomic E-state index is -0.464. The number of carbonyl (C=O) groups excluding carboxylic acids is 1. The Bertz CT molecular complexity index is 931. The molecule has 2 N–H and O–H groups in total. The lowest BCUT2D eigenvalue weighted by Gasteiger charge is -2.11. The molecule has 1 aromatic carbocycles. The van der Waals surface area contributed by atoms with E-state index in [-0.39, 0.29) is 11.6 Å². The predicted octanol–water partition coefficient (Wildman–Crippen LogP) is 2.33. The maximum atomic E-state index is 12.6. The summed E-state index contributed by atoms with van der Waals surface area (Å²) in [4.78, 5) is 12.6. The minimum Gasteiger partial charge on any atom is -0.618 e. The van der Waals surface area contributed by atoms with Crippen LogP contribution in [0.5, 0.6) is 5.75 Å². The molecular weight excluding hydrogens is 308 g/mol. The van der Waals surface area contributed by atoms with Crippen molar-refractivity contribution in [2.75, 3.05) is 12.4 Å². The summed E-state index contributed by atoms with van der Waals surface area (Å²) in [5.74, 6) is 0.302. The fourth-order valence-corrected chi connectivity index (χ4v) is 2.79. The number of anilines is 1. The molecule has 1 saturated carbocycles. The van der Waals surface area contributed by atoms with E-state index >= 15 is 0 Å². The highest BCUT2D eigenvalue weighted by atomic mass is 16.5. The Hall–Kier alpha value is -3.09. The van der Waals surface area contributed by atoms with Gasteiger partial charge in [-0.3, -0.25) is 9.89 Å². The van der Waals surface area contributed by atoms with Gasteiger partial charge in [0.15, 0.2) is 5.69 Å². The molecule has 1 aliphatic carbocycles. The van der Waals surface area contributed by atoms with Crippen LogP contribution in [-0.4, -0.2) is 23.2 Å². The molecule has 0 aliphatic heterocycles. The first-order valence-corrected chi connectivity index (χ1v) is 7.72. The van der Waals surface area contributed by atoms with E-state index in [0.29, 0.717) is 17.1 Å². The fourth-order valence-electron chi connectivity index (χ4n) is 2.79. The van der Waals surface area contributed by atoms with Crippen LogP contribution in [0.4, 0.5) is 5.69 Å². The average Bonchev–Trinajstić information content (AvgIpc) is 3.32. The highest BCUT2D eigenvalue weighted by molar-refractivity contribution is 6.04. The summed E-state index contributed by atoms with van der Waals surface area (Å²) in [6.07, 6.45) is 3.66. The number of hydrogen-bond donors (Lipinski definition) is 2. The Kier molecular flexibility index (Phi) is 3.34. The van der Waals surface area contributed by atoms with Crippen molar-refractivity contribution in [1.29, 1.82) is 0 Å². The Morgan fingerprint density at radius 2 is 2.25 bits per heavy atom. The zero-order chi connectivity index (χ0) is 16.7. The Balaban J connectivity index is 1.68. The van der Waals surface area contributed by atoms with E-state index < -0.39 is 5.91 Å². The van der Waals surface area contributed by atoms with E-state index in [1.54, 1.807) is 30.5 Å². The Morgan fingerprint density at radius 1 is 1.42 bits per heavy atom. The van der Waals surface area contributed by atoms with Crippen LogP contribution < -0.4 is 14.8 Å². The van der Waals surface area contributed by atoms with Crippen molar-refractivity contribution in [3.8, 4) is 5.75 Å². The number of rotatable bonds is 4. The molecule has 4 rings (SSSR count). The van der Waals surface area contributed by atoms with E-state index in [2.05, 4.69) is 15.5 Å². The van der Waals surface area contributed by atoms with Crippen molar-refractivity contribution in [1.82, 2.24) is 10.2 Å². The van der Waals surface area contributed by atoms with Crippen molar-refractivity contribution in [3.05, 3.63) is 53.1 Å². The summed E-state index contributed by atoms with van der Waals surface area (Å²) in [6.45, 7) is 0. The van der Waals surface area contributed by atoms with Gasteiger partial charge in [-0.25, -0.2) is 0 Å². The van der Waals surface area contributed by atoms with Gasteiger partial charge in [-0.05, 0) is 25.0 Å². The molecule has 1 amide bonds. The lowest BCUT2D eigenvalue weighted by molar-refractivity contribution is -0.616. The molecule has 1 aliphatic rings. The van der Waals surface area contributed by atoms with Crippen LogP contribution in [0.2, 0.25) is 0 Å². The van der Waals surface area contributed by atoms with Crippen molar-refractivity contribution in [3.63, 3.8) is 0 Å². The highest BCUT2D eigenvalue weighted by Gasteiger charge is 2.32. The van der Waals surface area contributed by atoms with Gasteiger partial charge in [-0.15, -0.1) is 0 Å². The monoisotopic (exact) mass is 324 g/mol. The van der Waals surface area contributed by atoms with Crippen LogP contribution in [0.15, 0.2) is 36.5 Å². The highest BCUT2D eigenvalue weighted by Crippen LogP contribution is 2.38. The van der Waals surface area contributed by atoms with Gasteiger partial charge in [-0.2, -0.15) is 9.83 Å². The van der Waals surface area contributed by atoms with Crippen LogP contribution in [0.3, 0.4) is 0 Å². The molecule has 0 atom stereocenters. The van der Waals surface area contributed by atoms with Crippen molar-refractivity contribution < 1.29 is 14.3 Å². The second kappa shape index (κ2) is 5.52. The third-order valence-electron chi connectivity index (χ3n) is 4.21. The minimum absolute atomic E-state index is 0.0775. The zero-order valence-electron chi connectivity index (χ0n) is 13.1. The number of pyridine rings is 1. The molecule has 3 aromatic rings. The average molecular weight is 324 g/mol. The predicted molar refractivity (Wildman–Crippen MR) is 88.0 cm³/mol. The number of benzene rings is 1. The number of aromatic nitrogens is 3. The molecule has 0 bridgehead atoms. The largest absolute Gasteiger partial charge is 0.618 e. The van der Waals surface area contributed by atoms with Gasteiger partial charge in [-0.1, -0.05) is 0 Å². The molecule has 122 valence electrons. The molecule has 2 heterocycles. The molecular formula is C17H16N4O3. The number of H-pyrrole nitrogens is 1. The van der Waals surface area contributed by atoms with Crippen LogP contribution in [0, 0.1) is 5.21 Å². The van der Waals surface area contributed by atoms with E-state index in [4.69, 9.17) is 4.74 Å². The quantitative estimate of drug-likeness (QED) is 0.569. The molecule has 7 heteroatoms. The normalized spacial score (nSPS) is 13.9. The molecule has 2 aromatic heterocycles. The van der Waals surface area contributed by atoms with Crippen molar-refractivity contribution in [2.24, 2.45) is 0 Å². The number of fused-ring (bicyclic) bond motifs is 1. The van der Waals surface area contributed by atoms with Crippen molar-refractivity contribution >= 4 is 22.5 Å². The molecule has 24 heavy (non-hydrogen) atoms. The van der Waals surface area contributed by atoms with Crippen molar-refractivity contribution in [2.45, 2.75) is 18.8 Å². The Labute approximate surface area is 137 Å². The summed E-state index contributed by atoms with van der Waals surface area (Å²) in [5, 5.41) is 22.8. The lowest BCUT2D eigenvalue weighted by Crippen LogP contribution is -2.40. The molecule has 0 unspecified atom stereocenters. The number of ether oxygens (including phenoxy) is 1. The van der Waals surface area contributed by atoms with Gasteiger partial charge >= 0.3 is 5.91 Å². The summed E-state index contributed by atoms with van der Waals surface area (Å²) in [6, 6.07) is 8.56. The number of carbonyl (C=O) groups is 1. The number of methoxy groups -OCH3 is 1. The number of nitrogens with zero attached hydrogens (tertiary/aromatic N) is 2. The second-order valence-electron chi connectivity index (χ2n) is 5.87. The van der Waals surface area contributed by atoms with Gasteiger partial charge < -0.3 is 15.3 Å². The molecule has 0 radical (unpaired) electrons. The molecule has 0 spiro atoms. The fraction of sp³-hybridized carbons (Fsp3) is 0.235. The standard InChI is InChI=1S/C17H16N4O3/c1-24-16-8-12-11(9-18-20-12)7-13(16)19-17(22)15-4-2-3-14(21(15)23)10-5-6-10/h2-4,7-10H,5-6H2,1H3,(H,18,20)(H,19,22). The number of hydrogen-bond acceptors (Lipinski definition) is 4. The van der Waals surface area contributed by atoms with Gasteiger partial charge in [0.2, 0.25) is 0 Å². The van der Waals surface area contributed by atoms with Gasteiger partial charge in [0.25, 0.3) is 5.69 Å². The zero-order valence-corrected chi connectivity index (χ0v) is 13.1. The van der Waals surface area contributed by atoms with E-state index in [0.717, 1.165) is 28.5 Å². The maximum absolute atomic E-state index is 12.6. The maximum Gasteiger partial charge on any atom is 0.321 e.